The monoisotopic (exact) mass is 400 g/mol. The Labute approximate surface area is 147 Å². The van der Waals surface area contributed by atoms with E-state index in [9.17, 15) is 19.2 Å². The molecule has 0 aliphatic heterocycles. The maximum Gasteiger partial charge on any atom is 0.413 e. The minimum atomic E-state index is -0.902. The fourth-order valence-electron chi connectivity index (χ4n) is 1.52. The summed E-state index contributed by atoms with van der Waals surface area (Å²) in [6, 6.07) is 6.73. The molecule has 9 heteroatoms. The van der Waals surface area contributed by atoms with E-state index in [0.717, 1.165) is 4.47 Å². The van der Waals surface area contributed by atoms with Crippen molar-refractivity contribution in [2.45, 2.75) is 13.3 Å². The molecule has 0 aromatic heterocycles. The average molecular weight is 401 g/mol. The third-order valence-electron chi connectivity index (χ3n) is 2.60. The Morgan fingerprint density at radius 3 is 2.38 bits per heavy atom. The molecule has 0 saturated carbocycles. The molecule has 1 rings (SSSR count). The first kappa shape index (κ1) is 19.6. The molecule has 0 bridgehead atoms. The molecule has 2 N–H and O–H groups in total. The van der Waals surface area contributed by atoms with E-state index in [1.807, 2.05) is 5.32 Å². The smallest absolute Gasteiger partial charge is 0.413 e. The molecule has 3 amide bonds. The first-order chi connectivity index (χ1) is 11.4. The summed E-state index contributed by atoms with van der Waals surface area (Å²) in [6.07, 6.45) is -1.00. The number of hydrogen-bond donors (Lipinski definition) is 2. The van der Waals surface area contributed by atoms with Crippen molar-refractivity contribution in [1.82, 2.24) is 10.6 Å². The van der Waals surface area contributed by atoms with Crippen LogP contribution in [0, 0.1) is 0 Å². The second-order valence-corrected chi connectivity index (χ2v) is 5.36. The molecular weight excluding hydrogens is 384 g/mol. The van der Waals surface area contributed by atoms with E-state index in [2.05, 4.69) is 30.7 Å². The van der Waals surface area contributed by atoms with Gasteiger partial charge in [-0.2, -0.15) is 0 Å². The third kappa shape index (κ3) is 7.73. The van der Waals surface area contributed by atoms with E-state index in [4.69, 9.17) is 0 Å². The van der Waals surface area contributed by atoms with E-state index in [1.165, 1.54) is 0 Å². The van der Waals surface area contributed by atoms with Crippen LogP contribution >= 0.6 is 15.9 Å². The van der Waals surface area contributed by atoms with Crippen LogP contribution < -0.4 is 10.6 Å². The highest BCUT2D eigenvalue weighted by molar-refractivity contribution is 9.10. The van der Waals surface area contributed by atoms with Crippen molar-refractivity contribution in [3.63, 3.8) is 0 Å². The van der Waals surface area contributed by atoms with Crippen LogP contribution in [0.3, 0.4) is 0 Å². The molecule has 0 spiro atoms. The van der Waals surface area contributed by atoms with E-state index in [0.29, 0.717) is 5.56 Å². The van der Waals surface area contributed by atoms with E-state index >= 15 is 0 Å². The average Bonchev–Trinajstić information content (AvgIpc) is 2.53. The van der Waals surface area contributed by atoms with Gasteiger partial charge in [-0.1, -0.05) is 15.9 Å². The van der Waals surface area contributed by atoms with Crippen LogP contribution in [0.5, 0.6) is 0 Å². The van der Waals surface area contributed by atoms with Crippen LogP contribution in [-0.4, -0.2) is 43.6 Å². The fourth-order valence-corrected chi connectivity index (χ4v) is 1.78. The molecule has 24 heavy (non-hydrogen) atoms. The van der Waals surface area contributed by atoms with Gasteiger partial charge in [0.05, 0.1) is 13.0 Å². The van der Waals surface area contributed by atoms with Gasteiger partial charge in [0.2, 0.25) is 0 Å². The SMILES string of the molecule is CCOC(=O)NC(=O)COC(=O)CCNC(=O)c1ccc(Br)cc1. The van der Waals surface area contributed by atoms with Crippen molar-refractivity contribution < 1.29 is 28.7 Å². The molecule has 0 radical (unpaired) electrons. The summed E-state index contributed by atoms with van der Waals surface area (Å²) in [7, 11) is 0. The lowest BCUT2D eigenvalue weighted by Crippen LogP contribution is -2.35. The lowest BCUT2D eigenvalue weighted by atomic mass is 10.2. The lowest BCUT2D eigenvalue weighted by Gasteiger charge is -2.07. The Bertz CT molecular complexity index is 602. The molecule has 0 heterocycles. The Balaban J connectivity index is 2.22. The van der Waals surface area contributed by atoms with Gasteiger partial charge in [-0.05, 0) is 31.2 Å². The van der Waals surface area contributed by atoms with Gasteiger partial charge in [-0.25, -0.2) is 4.79 Å². The van der Waals surface area contributed by atoms with E-state index in [1.54, 1.807) is 31.2 Å². The number of nitrogens with one attached hydrogen (secondary N) is 2. The number of carbonyl (C=O) groups excluding carboxylic acids is 4. The molecule has 0 atom stereocenters. The third-order valence-corrected chi connectivity index (χ3v) is 3.13. The van der Waals surface area contributed by atoms with Crippen molar-refractivity contribution in [2.24, 2.45) is 0 Å². The van der Waals surface area contributed by atoms with Gasteiger partial charge in [-0.3, -0.25) is 19.7 Å². The van der Waals surface area contributed by atoms with Crippen LogP contribution in [0.4, 0.5) is 4.79 Å². The highest BCUT2D eigenvalue weighted by atomic mass is 79.9. The maximum absolute atomic E-state index is 11.8. The first-order valence-corrected chi connectivity index (χ1v) is 7.87. The van der Waals surface area contributed by atoms with Gasteiger partial charge >= 0.3 is 12.1 Å². The van der Waals surface area contributed by atoms with Crippen LogP contribution in [0.2, 0.25) is 0 Å². The Hall–Kier alpha value is -2.42. The molecule has 0 saturated heterocycles. The summed E-state index contributed by atoms with van der Waals surface area (Å²) in [6.45, 7) is 1.18. The Morgan fingerprint density at radius 1 is 1.08 bits per heavy atom. The summed E-state index contributed by atoms with van der Waals surface area (Å²) >= 11 is 3.26. The predicted molar refractivity (Wildman–Crippen MR) is 87.2 cm³/mol. The van der Waals surface area contributed by atoms with Crippen molar-refractivity contribution in [3.05, 3.63) is 34.3 Å². The zero-order chi connectivity index (χ0) is 17.9. The molecule has 0 aliphatic carbocycles. The highest BCUT2D eigenvalue weighted by Crippen LogP contribution is 2.10. The normalized spacial score (nSPS) is 9.75. The van der Waals surface area contributed by atoms with Gasteiger partial charge in [0.1, 0.15) is 0 Å². The number of carbonyl (C=O) groups is 4. The number of esters is 1. The van der Waals surface area contributed by atoms with Crippen molar-refractivity contribution in [1.29, 1.82) is 0 Å². The minimum Gasteiger partial charge on any atom is -0.456 e. The number of amides is 3. The van der Waals surface area contributed by atoms with Crippen LogP contribution in [0.1, 0.15) is 23.7 Å². The standard InChI is InChI=1S/C15H17BrN2O6/c1-2-23-15(22)18-12(19)9-24-13(20)7-8-17-14(21)10-3-5-11(16)6-4-10/h3-6H,2,7-9H2,1H3,(H,17,21)(H,18,19,22). The first-order valence-electron chi connectivity index (χ1n) is 7.08. The zero-order valence-corrected chi connectivity index (χ0v) is 14.6. The number of ether oxygens (including phenoxy) is 2. The quantitative estimate of drug-likeness (QED) is 0.668. The van der Waals surface area contributed by atoms with Crippen LogP contribution in [-0.2, 0) is 19.1 Å². The van der Waals surface area contributed by atoms with Gasteiger partial charge in [0.25, 0.3) is 11.8 Å². The van der Waals surface area contributed by atoms with Crippen LogP contribution in [0.15, 0.2) is 28.7 Å². The Morgan fingerprint density at radius 2 is 1.75 bits per heavy atom. The highest BCUT2D eigenvalue weighted by Gasteiger charge is 2.12. The molecule has 0 fully saturated rings. The van der Waals surface area contributed by atoms with E-state index < -0.39 is 24.6 Å². The largest absolute Gasteiger partial charge is 0.456 e. The molecule has 0 unspecified atom stereocenters. The van der Waals surface area contributed by atoms with Crippen LogP contribution in [0.25, 0.3) is 0 Å². The predicted octanol–water partition coefficient (Wildman–Crippen LogP) is 1.38. The number of halogens is 1. The van der Waals surface area contributed by atoms with Crippen molar-refractivity contribution in [3.8, 4) is 0 Å². The lowest BCUT2D eigenvalue weighted by molar-refractivity contribution is -0.148. The Kier molecular flexibility index (Phi) is 8.48. The van der Waals surface area contributed by atoms with Gasteiger partial charge < -0.3 is 14.8 Å². The zero-order valence-electron chi connectivity index (χ0n) is 13.0. The summed E-state index contributed by atoms with van der Waals surface area (Å²) in [5, 5.41) is 4.44. The summed E-state index contributed by atoms with van der Waals surface area (Å²) in [5.41, 5.74) is 0.459. The number of imide groups is 1. The summed E-state index contributed by atoms with van der Waals surface area (Å²) in [4.78, 5) is 45.5. The van der Waals surface area contributed by atoms with Gasteiger partial charge in [-0.15, -0.1) is 0 Å². The topological polar surface area (TPSA) is 111 Å². The number of alkyl carbamates (subject to hydrolysis) is 1. The maximum atomic E-state index is 11.8. The molecule has 1 aromatic carbocycles. The summed E-state index contributed by atoms with van der Waals surface area (Å²) in [5.74, 6) is -1.79. The molecular formula is C15H17BrN2O6. The van der Waals surface area contributed by atoms with Crippen molar-refractivity contribution in [2.75, 3.05) is 19.8 Å². The molecule has 1 aromatic rings. The molecule has 130 valence electrons. The van der Waals surface area contributed by atoms with Gasteiger partial charge in [0.15, 0.2) is 6.61 Å². The minimum absolute atomic E-state index is 0.0627. The number of rotatable bonds is 7. The number of hydrogen-bond acceptors (Lipinski definition) is 6. The molecule has 0 aliphatic rings. The number of benzene rings is 1. The van der Waals surface area contributed by atoms with Gasteiger partial charge in [0, 0.05) is 16.6 Å². The second kappa shape index (κ2) is 10.4. The summed E-state index contributed by atoms with van der Waals surface area (Å²) < 4.78 is 10.0. The van der Waals surface area contributed by atoms with Crippen molar-refractivity contribution >= 4 is 39.8 Å². The molecule has 8 nitrogen and oxygen atoms in total. The van der Waals surface area contributed by atoms with E-state index in [-0.39, 0.29) is 25.5 Å². The fraction of sp³-hybridized carbons (Fsp3) is 0.333. The second-order valence-electron chi connectivity index (χ2n) is 4.44.